The van der Waals surface area contributed by atoms with Crippen molar-refractivity contribution < 1.29 is 0 Å². The van der Waals surface area contributed by atoms with Crippen molar-refractivity contribution >= 4 is 21.5 Å². The van der Waals surface area contributed by atoms with E-state index in [1.807, 2.05) is 0 Å². The molecule has 0 fully saturated rings. The van der Waals surface area contributed by atoms with Gasteiger partial charge in [-0.25, -0.2) is 0 Å². The highest BCUT2D eigenvalue weighted by Crippen LogP contribution is 2.37. The molecular formula is C28H22. The summed E-state index contributed by atoms with van der Waals surface area (Å²) in [7, 11) is 0. The van der Waals surface area contributed by atoms with Crippen LogP contribution in [0.2, 0.25) is 0 Å². The summed E-state index contributed by atoms with van der Waals surface area (Å²) in [6, 6.07) is 37.5. The van der Waals surface area contributed by atoms with Gasteiger partial charge in [0.2, 0.25) is 0 Å². The third-order valence-corrected chi connectivity index (χ3v) is 5.61. The first-order chi connectivity index (χ1) is 13.8. The molecule has 0 heteroatoms. The van der Waals surface area contributed by atoms with Gasteiger partial charge in [0.05, 0.1) is 0 Å². The molecule has 0 atom stereocenters. The predicted octanol–water partition coefficient (Wildman–Crippen LogP) is 7.89. The molecule has 0 unspecified atom stereocenters. The zero-order chi connectivity index (χ0) is 18.9. The topological polar surface area (TPSA) is 0 Å². The van der Waals surface area contributed by atoms with E-state index in [2.05, 4.69) is 110 Å². The molecular weight excluding hydrogens is 336 g/mol. The average molecular weight is 358 g/mol. The molecule has 5 rings (SSSR count). The molecule has 0 aliphatic heterocycles. The van der Waals surface area contributed by atoms with E-state index in [4.69, 9.17) is 0 Å². The van der Waals surface area contributed by atoms with Gasteiger partial charge in [0, 0.05) is 0 Å². The lowest BCUT2D eigenvalue weighted by Gasteiger charge is -2.14. The van der Waals surface area contributed by atoms with E-state index < -0.39 is 0 Å². The molecule has 0 saturated carbocycles. The fourth-order valence-electron chi connectivity index (χ4n) is 4.13. The molecule has 0 spiro atoms. The second kappa shape index (κ2) is 6.98. The van der Waals surface area contributed by atoms with E-state index in [-0.39, 0.29) is 0 Å². The molecule has 5 aromatic rings. The van der Waals surface area contributed by atoms with Gasteiger partial charge >= 0.3 is 0 Å². The summed E-state index contributed by atoms with van der Waals surface area (Å²) in [5, 5.41) is 5.20. The van der Waals surface area contributed by atoms with Crippen LogP contribution in [0, 0.1) is 0 Å². The Morgan fingerprint density at radius 1 is 0.500 bits per heavy atom. The van der Waals surface area contributed by atoms with Gasteiger partial charge < -0.3 is 0 Å². The fourth-order valence-corrected chi connectivity index (χ4v) is 4.13. The van der Waals surface area contributed by atoms with Crippen LogP contribution in [0.1, 0.15) is 12.5 Å². The Kier molecular flexibility index (Phi) is 4.18. The maximum Gasteiger partial charge on any atom is -0.00992 e. The molecule has 0 aliphatic rings. The molecule has 0 bridgehead atoms. The van der Waals surface area contributed by atoms with E-state index in [1.165, 1.54) is 49.4 Å². The molecule has 5 aromatic carbocycles. The third-order valence-electron chi connectivity index (χ3n) is 5.61. The molecule has 0 amide bonds. The zero-order valence-electron chi connectivity index (χ0n) is 16.0. The quantitative estimate of drug-likeness (QED) is 0.307. The van der Waals surface area contributed by atoms with Crippen molar-refractivity contribution in [3.8, 4) is 22.3 Å². The van der Waals surface area contributed by atoms with E-state index in [1.54, 1.807) is 0 Å². The van der Waals surface area contributed by atoms with Crippen LogP contribution in [0.25, 0.3) is 43.8 Å². The van der Waals surface area contributed by atoms with Gasteiger partial charge in [0.25, 0.3) is 0 Å². The molecule has 134 valence electrons. The third kappa shape index (κ3) is 2.88. The summed E-state index contributed by atoms with van der Waals surface area (Å²) in [4.78, 5) is 0. The Labute approximate surface area is 166 Å². The van der Waals surface area contributed by atoms with E-state index in [0.29, 0.717) is 0 Å². The summed E-state index contributed by atoms with van der Waals surface area (Å²) in [5.74, 6) is 0. The SMILES string of the molecule is CCc1ccc2c(-c3ccccc3)cc(-c3cccc4ccccc34)cc2c1. The van der Waals surface area contributed by atoms with Gasteiger partial charge in [-0.05, 0) is 67.9 Å². The first kappa shape index (κ1) is 16.8. The van der Waals surface area contributed by atoms with Crippen molar-refractivity contribution in [3.63, 3.8) is 0 Å². The van der Waals surface area contributed by atoms with Gasteiger partial charge in [-0.1, -0.05) is 97.9 Å². The molecule has 0 nitrogen and oxygen atoms in total. The van der Waals surface area contributed by atoms with Gasteiger partial charge in [-0.3, -0.25) is 0 Å². The number of fused-ring (bicyclic) bond motifs is 2. The van der Waals surface area contributed by atoms with Crippen molar-refractivity contribution in [2.24, 2.45) is 0 Å². The van der Waals surface area contributed by atoms with Crippen LogP contribution in [-0.2, 0) is 6.42 Å². The Morgan fingerprint density at radius 2 is 1.25 bits per heavy atom. The molecule has 0 heterocycles. The normalized spacial score (nSPS) is 11.2. The van der Waals surface area contributed by atoms with Crippen molar-refractivity contribution in [2.75, 3.05) is 0 Å². The first-order valence-electron chi connectivity index (χ1n) is 9.94. The van der Waals surface area contributed by atoms with Crippen molar-refractivity contribution in [1.82, 2.24) is 0 Å². The van der Waals surface area contributed by atoms with Crippen LogP contribution in [-0.4, -0.2) is 0 Å². The highest BCUT2D eigenvalue weighted by atomic mass is 14.1. The Balaban J connectivity index is 1.84. The molecule has 0 radical (unpaired) electrons. The van der Waals surface area contributed by atoms with Crippen LogP contribution >= 0.6 is 0 Å². The predicted molar refractivity (Wildman–Crippen MR) is 122 cm³/mol. The monoisotopic (exact) mass is 358 g/mol. The largest absolute Gasteiger partial charge is 0.0622 e. The maximum absolute atomic E-state index is 2.35. The second-order valence-electron chi connectivity index (χ2n) is 7.33. The van der Waals surface area contributed by atoms with E-state index >= 15 is 0 Å². The Bertz CT molecular complexity index is 1270. The maximum atomic E-state index is 2.35. The Morgan fingerprint density at radius 3 is 2.11 bits per heavy atom. The number of aryl methyl sites for hydroxylation is 1. The minimum Gasteiger partial charge on any atom is -0.0622 e. The molecule has 0 aliphatic carbocycles. The zero-order valence-corrected chi connectivity index (χ0v) is 16.0. The number of hydrogen-bond donors (Lipinski definition) is 0. The first-order valence-corrected chi connectivity index (χ1v) is 9.94. The number of hydrogen-bond acceptors (Lipinski definition) is 0. The second-order valence-corrected chi connectivity index (χ2v) is 7.33. The van der Waals surface area contributed by atoms with Crippen molar-refractivity contribution in [1.29, 1.82) is 0 Å². The van der Waals surface area contributed by atoms with Crippen LogP contribution in [0.5, 0.6) is 0 Å². The van der Waals surface area contributed by atoms with E-state index in [9.17, 15) is 0 Å². The van der Waals surface area contributed by atoms with Gasteiger partial charge in [-0.15, -0.1) is 0 Å². The van der Waals surface area contributed by atoms with Crippen LogP contribution in [0.15, 0.2) is 103 Å². The minimum absolute atomic E-state index is 1.05. The molecule has 0 saturated heterocycles. The van der Waals surface area contributed by atoms with Crippen molar-refractivity contribution in [2.45, 2.75) is 13.3 Å². The van der Waals surface area contributed by atoms with Crippen molar-refractivity contribution in [3.05, 3.63) is 109 Å². The lowest BCUT2D eigenvalue weighted by atomic mass is 9.90. The summed E-state index contributed by atoms with van der Waals surface area (Å²) in [5.41, 5.74) is 6.50. The van der Waals surface area contributed by atoms with Gasteiger partial charge in [-0.2, -0.15) is 0 Å². The van der Waals surface area contributed by atoms with Gasteiger partial charge in [0.1, 0.15) is 0 Å². The van der Waals surface area contributed by atoms with E-state index in [0.717, 1.165) is 6.42 Å². The van der Waals surface area contributed by atoms with Gasteiger partial charge in [0.15, 0.2) is 0 Å². The molecule has 28 heavy (non-hydrogen) atoms. The summed E-state index contributed by atoms with van der Waals surface area (Å²) < 4.78 is 0. The standard InChI is InChI=1S/C28H22/c1-2-20-15-16-27-23(17-20)18-24(19-28(27)22-9-4-3-5-10-22)26-14-8-12-21-11-6-7-13-25(21)26/h3-19H,2H2,1H3. The number of benzene rings is 5. The smallest absolute Gasteiger partial charge is 0.00992 e. The fraction of sp³-hybridized carbons (Fsp3) is 0.0714. The summed E-state index contributed by atoms with van der Waals surface area (Å²) in [6.07, 6.45) is 1.05. The van der Waals surface area contributed by atoms with Crippen LogP contribution in [0.4, 0.5) is 0 Å². The van der Waals surface area contributed by atoms with Crippen LogP contribution < -0.4 is 0 Å². The lowest BCUT2D eigenvalue weighted by Crippen LogP contribution is -1.88. The molecule has 0 N–H and O–H groups in total. The van der Waals surface area contributed by atoms with Crippen LogP contribution in [0.3, 0.4) is 0 Å². The molecule has 0 aromatic heterocycles. The summed E-state index contributed by atoms with van der Waals surface area (Å²) >= 11 is 0. The lowest BCUT2D eigenvalue weighted by molar-refractivity contribution is 1.15. The Hall–Kier alpha value is -3.38. The summed E-state index contributed by atoms with van der Waals surface area (Å²) in [6.45, 7) is 2.22. The highest BCUT2D eigenvalue weighted by molar-refractivity contribution is 6.04. The number of rotatable bonds is 3. The average Bonchev–Trinajstić information content (AvgIpc) is 2.78. The highest BCUT2D eigenvalue weighted by Gasteiger charge is 2.10. The minimum atomic E-state index is 1.05.